The van der Waals surface area contributed by atoms with Crippen molar-refractivity contribution in [2.75, 3.05) is 18.1 Å². The van der Waals surface area contributed by atoms with Gasteiger partial charge < -0.3 is 4.74 Å². The second-order valence-corrected chi connectivity index (χ2v) is 9.01. The molecule has 1 aliphatic carbocycles. The third-order valence-electron chi connectivity index (χ3n) is 4.53. The average Bonchev–Trinajstić information content (AvgIpc) is 3.12. The lowest BCUT2D eigenvalue weighted by Crippen LogP contribution is -2.19. The number of thioether (sulfide) groups is 2. The van der Waals surface area contributed by atoms with Crippen LogP contribution in [0.15, 0.2) is 27.5 Å². The first-order valence-corrected chi connectivity index (χ1v) is 11.4. The Balaban J connectivity index is 1.84. The SMILES string of the molecule is CCOC(=O)CCSC1=C(C(=O)c2ccc3c(c2Cl)CCS3)C(=O)CCC1. The molecule has 0 radical (unpaired) electrons. The summed E-state index contributed by atoms with van der Waals surface area (Å²) < 4.78 is 4.93. The van der Waals surface area contributed by atoms with Crippen LogP contribution in [0, 0.1) is 0 Å². The molecule has 0 aromatic heterocycles. The van der Waals surface area contributed by atoms with E-state index in [1.54, 1.807) is 24.8 Å². The average molecular weight is 425 g/mol. The molecule has 27 heavy (non-hydrogen) atoms. The first-order chi connectivity index (χ1) is 13.0. The van der Waals surface area contributed by atoms with Crippen molar-refractivity contribution in [2.45, 2.75) is 43.9 Å². The molecule has 144 valence electrons. The van der Waals surface area contributed by atoms with Crippen LogP contribution in [0.3, 0.4) is 0 Å². The minimum absolute atomic E-state index is 0.129. The summed E-state index contributed by atoms with van der Waals surface area (Å²) in [5, 5.41) is 0.476. The van der Waals surface area contributed by atoms with Crippen molar-refractivity contribution in [1.82, 2.24) is 0 Å². The van der Waals surface area contributed by atoms with E-state index < -0.39 is 0 Å². The van der Waals surface area contributed by atoms with Gasteiger partial charge in [-0.2, -0.15) is 0 Å². The molecule has 1 aliphatic heterocycles. The number of rotatable bonds is 7. The van der Waals surface area contributed by atoms with Crippen molar-refractivity contribution in [1.29, 1.82) is 0 Å². The van der Waals surface area contributed by atoms with Crippen LogP contribution < -0.4 is 0 Å². The minimum Gasteiger partial charge on any atom is -0.466 e. The molecule has 7 heteroatoms. The number of Topliss-reactive ketones (excluding diaryl/α,β-unsaturated/α-hetero) is 2. The van der Waals surface area contributed by atoms with Crippen molar-refractivity contribution >= 4 is 52.7 Å². The quantitative estimate of drug-likeness (QED) is 0.353. The summed E-state index contributed by atoms with van der Waals surface area (Å²) in [5.41, 5.74) is 1.67. The summed E-state index contributed by atoms with van der Waals surface area (Å²) in [5.74, 6) is 0.773. The number of hydrogen-bond acceptors (Lipinski definition) is 6. The molecule has 0 N–H and O–H groups in total. The molecule has 0 fully saturated rings. The first kappa shape index (κ1) is 20.5. The standard InChI is InChI=1S/C20H21ClO4S2/c1-2-25-17(23)9-11-27-16-5-3-4-14(22)18(16)20(24)13-6-7-15-12(19(13)21)8-10-26-15/h6-7H,2-5,8-11H2,1H3. The van der Waals surface area contributed by atoms with Crippen LogP contribution in [-0.2, 0) is 20.7 Å². The van der Waals surface area contributed by atoms with E-state index in [1.165, 1.54) is 11.8 Å². The number of esters is 1. The van der Waals surface area contributed by atoms with Gasteiger partial charge in [0.05, 0.1) is 23.6 Å². The lowest BCUT2D eigenvalue weighted by molar-refractivity contribution is -0.142. The van der Waals surface area contributed by atoms with Crippen molar-refractivity contribution in [2.24, 2.45) is 0 Å². The predicted molar refractivity (Wildman–Crippen MR) is 110 cm³/mol. The third-order valence-corrected chi connectivity index (χ3v) is 7.23. The first-order valence-electron chi connectivity index (χ1n) is 9.06. The van der Waals surface area contributed by atoms with Gasteiger partial charge in [0.25, 0.3) is 0 Å². The van der Waals surface area contributed by atoms with Gasteiger partial charge in [-0.05, 0) is 48.8 Å². The zero-order valence-electron chi connectivity index (χ0n) is 15.1. The van der Waals surface area contributed by atoms with Gasteiger partial charge in [0.1, 0.15) is 0 Å². The molecular formula is C20H21ClO4S2. The van der Waals surface area contributed by atoms with E-state index in [4.69, 9.17) is 16.3 Å². The molecule has 0 unspecified atom stereocenters. The fourth-order valence-electron chi connectivity index (χ4n) is 3.25. The van der Waals surface area contributed by atoms with Gasteiger partial charge in [-0.15, -0.1) is 23.5 Å². The van der Waals surface area contributed by atoms with Crippen LogP contribution in [0.25, 0.3) is 0 Å². The second kappa shape index (κ2) is 9.30. The Labute approximate surface area is 172 Å². The lowest BCUT2D eigenvalue weighted by Gasteiger charge is -2.19. The highest BCUT2D eigenvalue weighted by molar-refractivity contribution is 8.03. The fraction of sp³-hybridized carbons (Fsp3) is 0.450. The van der Waals surface area contributed by atoms with E-state index in [9.17, 15) is 14.4 Å². The number of halogens is 1. The zero-order chi connectivity index (χ0) is 19.4. The minimum atomic E-state index is -0.289. The normalized spacial score (nSPS) is 16.4. The van der Waals surface area contributed by atoms with E-state index in [0.717, 1.165) is 34.0 Å². The fourth-order valence-corrected chi connectivity index (χ4v) is 5.87. The highest BCUT2D eigenvalue weighted by Crippen LogP contribution is 2.40. The topological polar surface area (TPSA) is 60.4 Å². The van der Waals surface area contributed by atoms with Crippen LogP contribution in [0.5, 0.6) is 0 Å². The number of benzene rings is 1. The third kappa shape index (κ3) is 4.61. The maximum atomic E-state index is 13.2. The largest absolute Gasteiger partial charge is 0.466 e. The van der Waals surface area contributed by atoms with Gasteiger partial charge in [-0.1, -0.05) is 11.6 Å². The number of fused-ring (bicyclic) bond motifs is 1. The molecule has 0 spiro atoms. The van der Waals surface area contributed by atoms with Gasteiger partial charge in [-0.25, -0.2) is 0 Å². The smallest absolute Gasteiger partial charge is 0.306 e. The van der Waals surface area contributed by atoms with Crippen LogP contribution >= 0.6 is 35.1 Å². The number of ether oxygens (including phenoxy) is 1. The molecular weight excluding hydrogens is 404 g/mol. The Morgan fingerprint density at radius 2 is 2.07 bits per heavy atom. The highest BCUT2D eigenvalue weighted by atomic mass is 35.5. The molecule has 1 heterocycles. The van der Waals surface area contributed by atoms with E-state index in [0.29, 0.717) is 35.8 Å². The molecule has 0 amide bonds. The number of ketones is 2. The van der Waals surface area contributed by atoms with Crippen LogP contribution in [-0.4, -0.2) is 35.6 Å². The summed E-state index contributed by atoms with van der Waals surface area (Å²) in [4.78, 5) is 39.1. The van der Waals surface area contributed by atoms with Gasteiger partial charge in [-0.3, -0.25) is 14.4 Å². The number of carbonyl (C=O) groups excluding carboxylic acids is 3. The molecule has 0 saturated heterocycles. The molecule has 1 aromatic carbocycles. The molecule has 0 bridgehead atoms. The Kier molecular flexibility index (Phi) is 7.06. The van der Waals surface area contributed by atoms with Crippen molar-refractivity contribution in [3.63, 3.8) is 0 Å². The number of hydrogen-bond donors (Lipinski definition) is 0. The van der Waals surface area contributed by atoms with Crippen molar-refractivity contribution < 1.29 is 19.1 Å². The maximum Gasteiger partial charge on any atom is 0.306 e. The van der Waals surface area contributed by atoms with Crippen molar-refractivity contribution in [3.8, 4) is 0 Å². The van der Waals surface area contributed by atoms with Gasteiger partial charge in [0.2, 0.25) is 0 Å². The Morgan fingerprint density at radius 1 is 1.26 bits per heavy atom. The summed E-state index contributed by atoms with van der Waals surface area (Å²) >= 11 is 9.65. The van der Waals surface area contributed by atoms with E-state index in [1.807, 2.05) is 6.07 Å². The van der Waals surface area contributed by atoms with Gasteiger partial charge in [0, 0.05) is 28.4 Å². The van der Waals surface area contributed by atoms with Gasteiger partial charge in [0.15, 0.2) is 11.6 Å². The Hall–Kier alpha value is -1.24. The summed E-state index contributed by atoms with van der Waals surface area (Å²) in [6.07, 6.45) is 2.88. The number of carbonyl (C=O) groups is 3. The van der Waals surface area contributed by atoms with E-state index in [2.05, 4.69) is 0 Å². The zero-order valence-corrected chi connectivity index (χ0v) is 17.5. The van der Waals surface area contributed by atoms with Gasteiger partial charge >= 0.3 is 5.97 Å². The lowest BCUT2D eigenvalue weighted by atomic mass is 9.91. The molecule has 2 aliphatic rings. The molecule has 1 aromatic rings. The summed E-state index contributed by atoms with van der Waals surface area (Å²) in [6.45, 7) is 2.12. The summed E-state index contributed by atoms with van der Waals surface area (Å²) in [6, 6.07) is 3.66. The maximum absolute atomic E-state index is 13.2. The predicted octanol–water partition coefficient (Wildman–Crippen LogP) is 4.86. The molecule has 0 saturated carbocycles. The monoisotopic (exact) mass is 424 g/mol. The van der Waals surface area contributed by atoms with Crippen LogP contribution in [0.2, 0.25) is 5.02 Å². The second-order valence-electron chi connectivity index (χ2n) is 6.31. The molecule has 4 nitrogen and oxygen atoms in total. The number of allylic oxidation sites excluding steroid dienone is 2. The van der Waals surface area contributed by atoms with E-state index in [-0.39, 0.29) is 29.5 Å². The van der Waals surface area contributed by atoms with Crippen LogP contribution in [0.1, 0.15) is 48.5 Å². The Bertz CT molecular complexity index is 816. The Morgan fingerprint density at radius 3 is 2.85 bits per heavy atom. The van der Waals surface area contributed by atoms with Crippen molar-refractivity contribution in [3.05, 3.63) is 38.8 Å². The summed E-state index contributed by atoms with van der Waals surface area (Å²) in [7, 11) is 0. The van der Waals surface area contributed by atoms with Crippen LogP contribution in [0.4, 0.5) is 0 Å². The molecule has 3 rings (SSSR count). The van der Waals surface area contributed by atoms with E-state index >= 15 is 0 Å². The highest BCUT2D eigenvalue weighted by Gasteiger charge is 2.30. The molecule has 0 atom stereocenters.